The van der Waals surface area contributed by atoms with Gasteiger partial charge >= 0.3 is 18.0 Å². The van der Waals surface area contributed by atoms with Crippen LogP contribution in [0.5, 0.6) is 0 Å². The lowest BCUT2D eigenvalue weighted by Crippen LogP contribution is -2.59. The number of carbonyl (C=O) groups excluding carboxylic acids is 4. The molecule has 0 radical (unpaired) electrons. The van der Waals surface area contributed by atoms with Crippen LogP contribution in [0.1, 0.15) is 116 Å². The zero-order valence-electron chi connectivity index (χ0n) is 47.7. The molecule has 74 heavy (non-hydrogen) atoms. The predicted molar refractivity (Wildman–Crippen MR) is 270 cm³/mol. The molecular formula is C53H93N3O18. The first kappa shape index (κ1) is 63.4. The predicted octanol–water partition coefficient (Wildman–Crippen LogP) is 4.98. The summed E-state index contributed by atoms with van der Waals surface area (Å²) >= 11 is 0. The van der Waals surface area contributed by atoms with Crippen LogP contribution in [0.2, 0.25) is 0 Å². The monoisotopic (exact) mass is 1060 g/mol. The maximum atomic E-state index is 15.6. The first-order valence-electron chi connectivity index (χ1n) is 26.5. The Morgan fingerprint density at radius 1 is 0.824 bits per heavy atom. The Morgan fingerprint density at radius 2 is 1.47 bits per heavy atom. The van der Waals surface area contributed by atoms with Crippen LogP contribution in [-0.2, 0) is 71.3 Å². The third kappa shape index (κ3) is 16.0. The molecule has 1 amide bonds. The average molecular weight is 1060 g/mol. The second-order valence-electron chi connectivity index (χ2n) is 22.5. The molecular weight excluding hydrogens is 967 g/mol. The van der Waals surface area contributed by atoms with Crippen molar-refractivity contribution < 1.29 is 86.3 Å². The molecule has 4 saturated heterocycles. The number of cyclic esters (lactones) is 1. The Hall–Kier alpha value is -3.09. The van der Waals surface area contributed by atoms with Gasteiger partial charge in [0.2, 0.25) is 0 Å². The van der Waals surface area contributed by atoms with Crippen LogP contribution in [0.25, 0.3) is 0 Å². The zero-order chi connectivity index (χ0) is 55.7. The highest BCUT2D eigenvalue weighted by atomic mass is 16.7. The van der Waals surface area contributed by atoms with Crippen molar-refractivity contribution in [1.29, 1.82) is 0 Å². The third-order valence-corrected chi connectivity index (χ3v) is 15.3. The molecule has 0 aromatic heterocycles. The van der Waals surface area contributed by atoms with E-state index in [1.165, 1.54) is 47.2 Å². The Balaban J connectivity index is 1.97. The fourth-order valence-corrected chi connectivity index (χ4v) is 11.0. The van der Waals surface area contributed by atoms with Crippen molar-refractivity contribution in [3.63, 3.8) is 0 Å². The Labute approximate surface area is 440 Å². The van der Waals surface area contributed by atoms with Crippen molar-refractivity contribution in [2.45, 2.75) is 213 Å². The maximum Gasteiger partial charge on any atom is 0.410 e. The van der Waals surface area contributed by atoms with Gasteiger partial charge in [-0.05, 0) is 66.8 Å². The molecule has 4 heterocycles. The van der Waals surface area contributed by atoms with E-state index >= 15 is 9.59 Å². The second kappa shape index (κ2) is 28.0. The third-order valence-electron chi connectivity index (χ3n) is 15.3. The van der Waals surface area contributed by atoms with Crippen LogP contribution in [-0.4, -0.2) is 203 Å². The highest BCUT2D eigenvalue weighted by molar-refractivity contribution is 5.91. The summed E-state index contributed by atoms with van der Waals surface area (Å²) in [6, 6.07) is 0.0236. The summed E-state index contributed by atoms with van der Waals surface area (Å²) in [7, 11) is 9.32. The molecule has 22 atom stereocenters. The first-order valence-corrected chi connectivity index (χ1v) is 26.5. The van der Waals surface area contributed by atoms with E-state index in [1.807, 2.05) is 48.6 Å². The second-order valence-corrected chi connectivity index (χ2v) is 22.5. The van der Waals surface area contributed by atoms with Crippen LogP contribution in [0.3, 0.4) is 0 Å². The van der Waals surface area contributed by atoms with Crippen LogP contribution in [0, 0.1) is 41.4 Å². The number of hydrogen-bond donors (Lipinski definition) is 2. The Bertz CT molecular complexity index is 1840. The number of aliphatic hydroxyl groups is 2. The topological polar surface area (TPSA) is 238 Å². The van der Waals surface area contributed by atoms with E-state index in [9.17, 15) is 19.8 Å². The van der Waals surface area contributed by atoms with Gasteiger partial charge in [-0.15, -0.1) is 0 Å². The minimum atomic E-state index is -1.90. The average Bonchev–Trinajstić information content (AvgIpc) is 3.44. The minimum Gasteiger partial charge on any atom is -0.461 e. The molecule has 0 bridgehead atoms. The molecule has 0 spiro atoms. The Morgan fingerprint density at radius 3 is 2.07 bits per heavy atom. The van der Waals surface area contributed by atoms with Crippen molar-refractivity contribution in [1.82, 2.24) is 9.80 Å². The number of carbonyl (C=O) groups is 4. The summed E-state index contributed by atoms with van der Waals surface area (Å²) in [4.78, 5) is 67.0. The highest BCUT2D eigenvalue weighted by Crippen LogP contribution is 2.40. The molecule has 2 N–H and O–H groups in total. The van der Waals surface area contributed by atoms with Crippen molar-refractivity contribution in [2.75, 3.05) is 55.6 Å². The van der Waals surface area contributed by atoms with Crippen LogP contribution in [0.15, 0.2) is 5.16 Å². The largest absolute Gasteiger partial charge is 0.461 e. The number of ketones is 1. The summed E-state index contributed by atoms with van der Waals surface area (Å²) < 4.78 is 69.9. The number of nitrogens with zero attached hydrogens (tertiary/aromatic N) is 3. The molecule has 4 aliphatic rings. The summed E-state index contributed by atoms with van der Waals surface area (Å²) in [6.07, 6.45) is -13.1. The molecule has 0 saturated carbocycles. The van der Waals surface area contributed by atoms with Crippen molar-refractivity contribution in [2.24, 2.45) is 46.6 Å². The van der Waals surface area contributed by atoms with Gasteiger partial charge < -0.3 is 77.0 Å². The lowest BCUT2D eigenvalue weighted by atomic mass is 9.74. The fraction of sp³-hybridized carbons (Fsp3) is 0.906. The van der Waals surface area contributed by atoms with Gasteiger partial charge in [0.05, 0.1) is 54.7 Å². The molecule has 4 aliphatic heterocycles. The number of Topliss-reactive ketones (excluding diaryl/α,β-unsaturated/α-hetero) is 1. The SMILES string of the molecule is CON=C1C[C@@H](C)O[C@@H](OC2C(C)CC(C)(OC(=O)N(C)C)C(=O)C(C)C(OC(=O)CC(C)C)C(C)C(C(C)CO[C@@H]3O[C@H](C)[C@@H](O)[C@@H](OC)[C@H]3OC)OC(=O)C(C)C(O[C@H]3C[C@@H](C)N(C)C[C@H](C)O3)C2C)[C@@H]1O. The molecule has 0 aliphatic carbocycles. The number of amides is 1. The summed E-state index contributed by atoms with van der Waals surface area (Å²) in [5.41, 5.74) is -1.60. The van der Waals surface area contributed by atoms with Crippen LogP contribution in [0.4, 0.5) is 4.79 Å². The maximum absolute atomic E-state index is 15.6. The van der Waals surface area contributed by atoms with Crippen molar-refractivity contribution >= 4 is 29.5 Å². The van der Waals surface area contributed by atoms with E-state index in [4.69, 9.17) is 56.9 Å². The van der Waals surface area contributed by atoms with Crippen LogP contribution < -0.4 is 0 Å². The summed E-state index contributed by atoms with van der Waals surface area (Å²) in [5.74, 6) is -7.19. The highest BCUT2D eigenvalue weighted by Gasteiger charge is 2.53. The number of rotatable bonds is 15. The van der Waals surface area contributed by atoms with Gasteiger partial charge in [-0.2, -0.15) is 0 Å². The van der Waals surface area contributed by atoms with Gasteiger partial charge in [-0.3, -0.25) is 14.4 Å². The number of methoxy groups -OCH3 is 2. The molecule has 428 valence electrons. The molecule has 0 aromatic carbocycles. The molecule has 0 aromatic rings. The van der Waals surface area contributed by atoms with Crippen molar-refractivity contribution in [3.8, 4) is 0 Å². The Kier molecular flexibility index (Phi) is 24.0. The molecule has 21 nitrogen and oxygen atoms in total. The van der Waals surface area contributed by atoms with Gasteiger partial charge in [0, 0.05) is 77.9 Å². The molecule has 11 unspecified atom stereocenters. The first-order chi connectivity index (χ1) is 34.6. The fourth-order valence-electron chi connectivity index (χ4n) is 11.0. The van der Waals surface area contributed by atoms with Gasteiger partial charge in [0.1, 0.15) is 43.7 Å². The molecule has 4 fully saturated rings. The van der Waals surface area contributed by atoms with Gasteiger partial charge in [-0.1, -0.05) is 53.6 Å². The number of ether oxygens (including phenoxy) is 11. The van der Waals surface area contributed by atoms with Gasteiger partial charge in [-0.25, -0.2) is 4.79 Å². The summed E-state index contributed by atoms with van der Waals surface area (Å²) in [6.45, 7) is 23.9. The zero-order valence-corrected chi connectivity index (χ0v) is 47.7. The van der Waals surface area contributed by atoms with E-state index < -0.39 is 145 Å². The van der Waals surface area contributed by atoms with Gasteiger partial charge in [0.15, 0.2) is 30.3 Å². The van der Waals surface area contributed by atoms with E-state index in [2.05, 4.69) is 17.0 Å². The molecule has 4 rings (SSSR count). The lowest BCUT2D eigenvalue weighted by molar-refractivity contribution is -0.305. The smallest absolute Gasteiger partial charge is 0.410 e. The number of aliphatic hydroxyl groups excluding tert-OH is 2. The minimum absolute atomic E-state index is 0.0209. The van der Waals surface area contributed by atoms with E-state index in [0.29, 0.717) is 18.7 Å². The van der Waals surface area contributed by atoms with Crippen LogP contribution >= 0.6 is 0 Å². The summed E-state index contributed by atoms with van der Waals surface area (Å²) in [5, 5.41) is 26.7. The number of likely N-dealkylation sites (N-methyl/N-ethyl adjacent to an activating group) is 1. The van der Waals surface area contributed by atoms with E-state index in [1.54, 1.807) is 34.6 Å². The number of esters is 2. The number of oxime groups is 1. The number of hydrogen-bond acceptors (Lipinski definition) is 20. The van der Waals surface area contributed by atoms with Crippen molar-refractivity contribution in [3.05, 3.63) is 0 Å². The van der Waals surface area contributed by atoms with Gasteiger partial charge in [0.25, 0.3) is 0 Å². The van der Waals surface area contributed by atoms with E-state index in [-0.39, 0.29) is 43.9 Å². The van der Waals surface area contributed by atoms with E-state index in [0.717, 1.165) is 0 Å². The quantitative estimate of drug-likeness (QED) is 0.125. The standard InChI is InChI=1S/C53H93N3O18/c1-26(2)20-38(57)70-44-33(9)43(28(4)25-66-51-47(64-18)46(63-17)40(58)36(12)69-51)72-49(61)35(11)45(71-39-21-29(5)56(16)24-31(7)67-39)32(8)42(73-50-41(59)37(54-65-19)22-30(6)68-50)27(3)23-53(13,48(60)34(44)10)74-52(62)55(14)15/h26-36,39-47,50-51,58-59H,20-25H2,1-19H3/t27?,28?,29-,30-,31+,32?,33?,34?,35?,36-,39+,40-,41-,42?,43?,44?,45?,46-,47-,50+,51-,53?/m1/s1. The lowest BCUT2D eigenvalue weighted by Gasteiger charge is -2.45. The normalized spacial score (nSPS) is 41.4. The molecule has 21 heteroatoms.